The molecule has 7 nitrogen and oxygen atoms in total. The van der Waals surface area contributed by atoms with Gasteiger partial charge < -0.3 is 26.0 Å². The first-order chi connectivity index (χ1) is 14.2. The number of carbonyl (C=O) groups excluding carboxylic acids is 2. The van der Waals surface area contributed by atoms with E-state index in [2.05, 4.69) is 21.3 Å². The lowest BCUT2D eigenvalue weighted by atomic mass is 9.44. The summed E-state index contributed by atoms with van der Waals surface area (Å²) in [5.74, 6) is -2.65. The van der Waals surface area contributed by atoms with E-state index in [1.54, 1.807) is 0 Å². The molecule has 0 spiro atoms. The number of hydrogen-bond acceptors (Lipinski definition) is 5. The molecule has 2 atom stereocenters. The summed E-state index contributed by atoms with van der Waals surface area (Å²) in [6, 6.07) is 1.47. The fraction of sp³-hybridized carbons (Fsp3) is 0.579. The number of benzene rings is 1. The van der Waals surface area contributed by atoms with Gasteiger partial charge >= 0.3 is 0 Å². The lowest BCUT2D eigenvalue weighted by Crippen LogP contribution is -2.84. The van der Waals surface area contributed by atoms with E-state index in [0.29, 0.717) is 19.3 Å². The Bertz CT molecular complexity index is 825. The Labute approximate surface area is 169 Å². The summed E-state index contributed by atoms with van der Waals surface area (Å²) in [7, 11) is 0. The Balaban J connectivity index is 1.18. The van der Waals surface area contributed by atoms with E-state index in [1.165, 1.54) is 6.07 Å². The molecular weight excluding hydrogens is 408 g/mol. The molecule has 4 fully saturated rings. The Kier molecular flexibility index (Phi) is 5.35. The molecule has 0 aromatic heterocycles. The van der Waals surface area contributed by atoms with Crippen molar-refractivity contribution < 1.29 is 31.9 Å². The molecule has 164 valence electrons. The fourth-order valence-electron chi connectivity index (χ4n) is 4.50. The minimum Gasteiger partial charge on any atom is -0.484 e. The summed E-state index contributed by atoms with van der Waals surface area (Å²) in [4.78, 5) is 24.5. The molecule has 1 saturated heterocycles. The lowest BCUT2D eigenvalue weighted by Gasteiger charge is -2.70. The van der Waals surface area contributed by atoms with Gasteiger partial charge in [-0.15, -0.1) is 0 Å². The number of nitrogens with one attached hydrogen (secondary N) is 4. The van der Waals surface area contributed by atoms with E-state index in [4.69, 9.17) is 4.74 Å². The zero-order valence-electron chi connectivity index (χ0n) is 15.9. The van der Waals surface area contributed by atoms with Crippen LogP contribution in [0.5, 0.6) is 5.75 Å². The molecule has 30 heavy (non-hydrogen) atoms. The van der Waals surface area contributed by atoms with Crippen molar-refractivity contribution >= 4 is 11.8 Å². The van der Waals surface area contributed by atoms with Crippen molar-refractivity contribution in [1.82, 2.24) is 21.3 Å². The van der Waals surface area contributed by atoms with Crippen molar-refractivity contribution in [1.29, 1.82) is 0 Å². The van der Waals surface area contributed by atoms with Crippen LogP contribution in [-0.4, -0.2) is 61.1 Å². The van der Waals surface area contributed by atoms with E-state index in [1.807, 2.05) is 0 Å². The Hall–Kier alpha value is -2.40. The third kappa shape index (κ3) is 4.08. The average molecular weight is 430 g/mol. The largest absolute Gasteiger partial charge is 0.484 e. The maximum atomic E-state index is 13.1. The molecule has 3 aliphatic carbocycles. The van der Waals surface area contributed by atoms with E-state index < -0.39 is 41.6 Å². The highest BCUT2D eigenvalue weighted by atomic mass is 19.3. The molecule has 5 rings (SSSR count). The van der Waals surface area contributed by atoms with Crippen LogP contribution in [-0.2, 0) is 9.59 Å². The van der Waals surface area contributed by atoms with Crippen molar-refractivity contribution in [2.75, 3.05) is 19.7 Å². The van der Waals surface area contributed by atoms with Crippen LogP contribution in [0.15, 0.2) is 18.2 Å². The Morgan fingerprint density at radius 1 is 1.07 bits per heavy atom. The van der Waals surface area contributed by atoms with Gasteiger partial charge in [0.15, 0.2) is 18.2 Å². The molecule has 1 heterocycles. The van der Waals surface area contributed by atoms with Crippen LogP contribution >= 0.6 is 0 Å². The molecule has 1 aromatic carbocycles. The zero-order chi connectivity index (χ0) is 21.5. The average Bonchev–Trinajstić information content (AvgIpc) is 2.66. The van der Waals surface area contributed by atoms with Gasteiger partial charge in [0.25, 0.3) is 12.3 Å². The van der Waals surface area contributed by atoms with Crippen LogP contribution in [0.4, 0.5) is 17.6 Å². The van der Waals surface area contributed by atoms with Gasteiger partial charge in [-0.1, -0.05) is 0 Å². The van der Waals surface area contributed by atoms with Crippen LogP contribution in [0.2, 0.25) is 0 Å². The van der Waals surface area contributed by atoms with Gasteiger partial charge in [0.2, 0.25) is 5.91 Å². The van der Waals surface area contributed by atoms with E-state index in [0.717, 1.165) is 12.1 Å². The first kappa shape index (κ1) is 20.9. The maximum Gasteiger partial charge on any atom is 0.258 e. The molecule has 2 bridgehead atoms. The summed E-state index contributed by atoms with van der Waals surface area (Å²) in [5.41, 5.74) is -0.784. The minimum absolute atomic E-state index is 0.0146. The molecule has 0 radical (unpaired) electrons. The van der Waals surface area contributed by atoms with Gasteiger partial charge in [0.05, 0.1) is 12.1 Å². The predicted octanol–water partition coefficient (Wildman–Crippen LogP) is 0.446. The predicted molar refractivity (Wildman–Crippen MR) is 97.0 cm³/mol. The van der Waals surface area contributed by atoms with Gasteiger partial charge in [0.1, 0.15) is 5.75 Å². The number of piperazine rings is 1. The van der Waals surface area contributed by atoms with Crippen LogP contribution < -0.4 is 26.0 Å². The standard InChI is InChI=1S/C19H22F4N4O3/c20-11-2-1-10(3-12(11)21)30-6-15(28)26-18-7-19(8-18,9-18)27-17(29)14-5-24-13(4-25-14)16(22)23/h1-3,13-14,16,24-25H,4-9H2,(H,26,28)(H,27,29). The summed E-state index contributed by atoms with van der Waals surface area (Å²) >= 11 is 0. The first-order valence-electron chi connectivity index (χ1n) is 9.65. The summed E-state index contributed by atoms with van der Waals surface area (Å²) in [6.07, 6.45) is -0.776. The monoisotopic (exact) mass is 430 g/mol. The summed E-state index contributed by atoms with van der Waals surface area (Å²) in [6.45, 7) is -0.198. The third-order valence-corrected chi connectivity index (χ3v) is 5.87. The second-order valence-corrected chi connectivity index (χ2v) is 8.30. The number of halogens is 4. The molecule has 3 saturated carbocycles. The lowest BCUT2D eigenvalue weighted by molar-refractivity contribution is -0.151. The second kappa shape index (κ2) is 7.69. The van der Waals surface area contributed by atoms with E-state index in [9.17, 15) is 27.2 Å². The third-order valence-electron chi connectivity index (χ3n) is 5.87. The summed E-state index contributed by atoms with van der Waals surface area (Å²) < 4.78 is 56.5. The molecule has 1 aromatic rings. The number of rotatable bonds is 7. The molecule has 11 heteroatoms. The molecule has 1 aliphatic heterocycles. The zero-order valence-corrected chi connectivity index (χ0v) is 15.9. The molecular formula is C19H22F4N4O3. The quantitative estimate of drug-likeness (QED) is 0.472. The van der Waals surface area contributed by atoms with Crippen molar-refractivity contribution in [3.8, 4) is 5.75 Å². The van der Waals surface area contributed by atoms with Gasteiger partial charge in [-0.05, 0) is 31.4 Å². The van der Waals surface area contributed by atoms with Crippen LogP contribution in [0, 0.1) is 11.6 Å². The maximum absolute atomic E-state index is 13.1. The molecule has 2 unspecified atom stereocenters. The summed E-state index contributed by atoms with van der Waals surface area (Å²) in [5, 5.41) is 11.3. The Morgan fingerprint density at radius 3 is 2.37 bits per heavy atom. The van der Waals surface area contributed by atoms with Crippen molar-refractivity contribution in [2.24, 2.45) is 0 Å². The number of amides is 2. The normalized spacial score (nSPS) is 32.0. The van der Waals surface area contributed by atoms with Crippen molar-refractivity contribution in [2.45, 2.75) is 48.8 Å². The number of carbonyl (C=O) groups is 2. The minimum atomic E-state index is -2.49. The Morgan fingerprint density at radius 2 is 1.77 bits per heavy atom. The smallest absolute Gasteiger partial charge is 0.258 e. The molecule has 4 N–H and O–H groups in total. The molecule has 4 aliphatic rings. The number of hydrogen-bond donors (Lipinski definition) is 4. The first-order valence-corrected chi connectivity index (χ1v) is 9.65. The number of alkyl halides is 2. The van der Waals surface area contributed by atoms with Crippen LogP contribution in [0.3, 0.4) is 0 Å². The van der Waals surface area contributed by atoms with E-state index >= 15 is 0 Å². The highest BCUT2D eigenvalue weighted by Crippen LogP contribution is 2.60. The number of ether oxygens (including phenoxy) is 1. The van der Waals surface area contributed by atoms with Gasteiger partial charge in [-0.3, -0.25) is 9.59 Å². The second-order valence-electron chi connectivity index (χ2n) is 8.30. The van der Waals surface area contributed by atoms with Gasteiger partial charge in [-0.25, -0.2) is 17.6 Å². The van der Waals surface area contributed by atoms with Crippen molar-refractivity contribution in [3.05, 3.63) is 29.8 Å². The van der Waals surface area contributed by atoms with Gasteiger partial charge in [0, 0.05) is 30.2 Å². The van der Waals surface area contributed by atoms with E-state index in [-0.39, 0.29) is 36.9 Å². The van der Waals surface area contributed by atoms with Crippen LogP contribution in [0.25, 0.3) is 0 Å². The SMILES string of the molecule is O=C(COc1ccc(F)c(F)c1)NC12CC(NC(=O)C3CNC(C(F)F)CN3)(C1)C2. The molecule has 2 amide bonds. The van der Waals surface area contributed by atoms with Crippen molar-refractivity contribution in [3.63, 3.8) is 0 Å². The highest BCUT2D eigenvalue weighted by molar-refractivity contribution is 5.84. The van der Waals surface area contributed by atoms with Crippen LogP contribution in [0.1, 0.15) is 19.3 Å². The van der Waals surface area contributed by atoms with Gasteiger partial charge in [-0.2, -0.15) is 0 Å². The highest BCUT2D eigenvalue weighted by Gasteiger charge is 2.69. The topological polar surface area (TPSA) is 91.5 Å². The fourth-order valence-corrected chi connectivity index (χ4v) is 4.50.